The molecule has 0 aromatic heterocycles. The van der Waals surface area contributed by atoms with Crippen molar-refractivity contribution in [1.82, 2.24) is 0 Å². The number of hydrogen-bond donors (Lipinski definition) is 0. The maximum atomic E-state index is 2.36. The largest absolute Gasteiger partial charge is 0.412 e. The van der Waals surface area contributed by atoms with E-state index in [9.17, 15) is 0 Å². The Morgan fingerprint density at radius 1 is 0.409 bits per heavy atom. The molecule has 2 N–H and O–H groups in total. The van der Waals surface area contributed by atoms with Gasteiger partial charge in [-0.15, -0.1) is 0 Å². The van der Waals surface area contributed by atoms with E-state index in [1.54, 1.807) is 24.6 Å². The van der Waals surface area contributed by atoms with E-state index in [4.69, 9.17) is 0 Å². The summed E-state index contributed by atoms with van der Waals surface area (Å²) in [6.07, 6.45) is 24.2. The van der Waals surface area contributed by atoms with Crippen molar-refractivity contribution in [2.75, 3.05) is 24.6 Å². The molecule has 0 saturated carbocycles. The van der Waals surface area contributed by atoms with Gasteiger partial charge in [0.25, 0.3) is 0 Å². The molecular formula is C20H47OP. The molecule has 0 amide bonds. The minimum Gasteiger partial charge on any atom is -0.412 e. The molecule has 0 aliphatic carbocycles. The van der Waals surface area contributed by atoms with Gasteiger partial charge in [-0.25, -0.2) is 0 Å². The van der Waals surface area contributed by atoms with Crippen LogP contribution in [0.3, 0.4) is 0 Å². The van der Waals surface area contributed by atoms with Crippen molar-refractivity contribution in [3.8, 4) is 0 Å². The Labute approximate surface area is 142 Å². The number of rotatable bonds is 16. The second-order valence-corrected chi connectivity index (χ2v) is 12.3. The molecule has 0 atom stereocenters. The van der Waals surface area contributed by atoms with Crippen LogP contribution in [0.25, 0.3) is 0 Å². The Balaban J connectivity index is 0. The zero-order valence-electron chi connectivity index (χ0n) is 16.3. The van der Waals surface area contributed by atoms with E-state index in [0.717, 1.165) is 0 Å². The first kappa shape index (κ1) is 24.6. The third kappa shape index (κ3) is 12.9. The van der Waals surface area contributed by atoms with Gasteiger partial charge in [0, 0.05) is 0 Å². The van der Waals surface area contributed by atoms with Crippen molar-refractivity contribution in [1.29, 1.82) is 0 Å². The van der Waals surface area contributed by atoms with Crippen LogP contribution in [-0.2, 0) is 0 Å². The van der Waals surface area contributed by atoms with Crippen LogP contribution in [0.1, 0.15) is 105 Å². The number of hydrogen-bond acceptors (Lipinski definition) is 0. The van der Waals surface area contributed by atoms with Crippen LogP contribution in [0, 0.1) is 0 Å². The maximum Gasteiger partial charge on any atom is -0.412 e. The van der Waals surface area contributed by atoms with E-state index in [1.165, 1.54) is 77.0 Å². The molecule has 0 heterocycles. The molecule has 0 spiro atoms. The summed E-state index contributed by atoms with van der Waals surface area (Å²) in [5, 5.41) is 0. The van der Waals surface area contributed by atoms with E-state index >= 15 is 0 Å². The molecule has 138 valence electrons. The predicted octanol–water partition coefficient (Wildman–Crippen LogP) is 6.67. The Bertz CT molecular complexity index is 160. The molecule has 0 aliphatic rings. The second-order valence-electron chi connectivity index (χ2n) is 7.33. The average molecular weight is 335 g/mol. The third-order valence-corrected chi connectivity index (χ3v) is 10.9. The second kappa shape index (κ2) is 17.7. The van der Waals surface area contributed by atoms with Crippen LogP contribution >= 0.6 is 7.26 Å². The maximum absolute atomic E-state index is 2.36. The zero-order valence-corrected chi connectivity index (χ0v) is 17.3. The fraction of sp³-hybridized carbons (Fsp3) is 1.00. The van der Waals surface area contributed by atoms with Gasteiger partial charge in [-0.1, -0.05) is 0 Å². The van der Waals surface area contributed by atoms with Gasteiger partial charge in [-0.3, -0.25) is 0 Å². The molecule has 0 aliphatic heterocycles. The summed E-state index contributed by atoms with van der Waals surface area (Å²) in [5.74, 6) is 0. The zero-order chi connectivity index (χ0) is 15.8. The normalized spacial score (nSPS) is 12.2. The molecule has 0 fully saturated rings. The number of unbranched alkanes of at least 4 members (excludes halogenated alkanes) is 8. The minimum absolute atomic E-state index is 0. The fourth-order valence-corrected chi connectivity index (χ4v) is 9.25. The van der Waals surface area contributed by atoms with Gasteiger partial charge in [0.1, 0.15) is 0 Å². The molecular weight excluding hydrogens is 287 g/mol. The standard InChI is InChI=1S/C20H45P.H2O/c1-5-9-13-17-21(18-14-10-6-2,19-15-11-7-3)20-16-12-8-4;/h21H,5-20H2,1-4H3;1H2. The van der Waals surface area contributed by atoms with Crippen molar-refractivity contribution in [3.05, 3.63) is 0 Å². The Hall–Kier alpha value is 0.390. The van der Waals surface area contributed by atoms with Crippen molar-refractivity contribution in [3.63, 3.8) is 0 Å². The molecule has 1 nitrogen and oxygen atoms in total. The summed E-state index contributed by atoms with van der Waals surface area (Å²) in [7, 11) is -0.944. The summed E-state index contributed by atoms with van der Waals surface area (Å²) in [6, 6.07) is 0. The van der Waals surface area contributed by atoms with Gasteiger partial charge in [0.15, 0.2) is 0 Å². The van der Waals surface area contributed by atoms with Gasteiger partial charge in [0.05, 0.1) is 0 Å². The van der Waals surface area contributed by atoms with Crippen LogP contribution in [0.15, 0.2) is 0 Å². The SMILES string of the molecule is CCCCC[PH](CCCCC)(CCCCC)CCCCC.O. The summed E-state index contributed by atoms with van der Waals surface area (Å²) in [4.78, 5) is 0. The Morgan fingerprint density at radius 2 is 0.636 bits per heavy atom. The Morgan fingerprint density at radius 3 is 0.818 bits per heavy atom. The van der Waals surface area contributed by atoms with Crippen molar-refractivity contribution >= 4 is 7.26 Å². The first-order valence-electron chi connectivity index (χ1n) is 10.2. The molecule has 2 heteroatoms. The van der Waals surface area contributed by atoms with Gasteiger partial charge in [-0.2, -0.15) is 0 Å². The molecule has 0 aromatic carbocycles. The van der Waals surface area contributed by atoms with Crippen LogP contribution < -0.4 is 0 Å². The molecule has 0 bridgehead atoms. The summed E-state index contributed by atoms with van der Waals surface area (Å²) in [5.41, 5.74) is 0. The summed E-state index contributed by atoms with van der Waals surface area (Å²) >= 11 is 0. The van der Waals surface area contributed by atoms with E-state index in [1.807, 2.05) is 0 Å². The smallest absolute Gasteiger partial charge is 0.412 e. The van der Waals surface area contributed by atoms with Crippen LogP contribution in [-0.4, -0.2) is 30.1 Å². The molecule has 0 unspecified atom stereocenters. The van der Waals surface area contributed by atoms with Crippen LogP contribution in [0.2, 0.25) is 0 Å². The van der Waals surface area contributed by atoms with Gasteiger partial charge >= 0.3 is 137 Å². The predicted molar refractivity (Wildman–Crippen MR) is 109 cm³/mol. The fourth-order valence-electron chi connectivity index (χ4n) is 3.75. The first-order chi connectivity index (χ1) is 10.2. The van der Waals surface area contributed by atoms with Crippen molar-refractivity contribution in [2.24, 2.45) is 0 Å². The van der Waals surface area contributed by atoms with Crippen LogP contribution in [0.4, 0.5) is 0 Å². The third-order valence-electron chi connectivity index (χ3n) is 5.24. The van der Waals surface area contributed by atoms with Crippen LogP contribution in [0.5, 0.6) is 0 Å². The minimum atomic E-state index is -0.944. The van der Waals surface area contributed by atoms with Crippen molar-refractivity contribution < 1.29 is 5.48 Å². The van der Waals surface area contributed by atoms with E-state index in [2.05, 4.69) is 27.7 Å². The topological polar surface area (TPSA) is 31.5 Å². The first-order valence-corrected chi connectivity index (χ1v) is 13.1. The van der Waals surface area contributed by atoms with Gasteiger partial charge in [0.2, 0.25) is 0 Å². The average Bonchev–Trinajstić information content (AvgIpc) is 2.48. The van der Waals surface area contributed by atoms with Crippen molar-refractivity contribution in [2.45, 2.75) is 105 Å². The summed E-state index contributed by atoms with van der Waals surface area (Å²) in [6.45, 7) is 9.42. The summed E-state index contributed by atoms with van der Waals surface area (Å²) < 4.78 is 0. The quantitative estimate of drug-likeness (QED) is 0.223. The molecule has 0 radical (unpaired) electrons. The van der Waals surface area contributed by atoms with E-state index < -0.39 is 7.26 Å². The molecule has 0 aromatic rings. The molecule has 0 saturated heterocycles. The van der Waals surface area contributed by atoms with Gasteiger partial charge in [-0.05, 0) is 0 Å². The Kier molecular flexibility index (Phi) is 19.9. The van der Waals surface area contributed by atoms with E-state index in [0.29, 0.717) is 0 Å². The molecule has 0 rings (SSSR count). The monoisotopic (exact) mass is 334 g/mol. The van der Waals surface area contributed by atoms with Gasteiger partial charge < -0.3 is 5.48 Å². The molecule has 22 heavy (non-hydrogen) atoms. The van der Waals surface area contributed by atoms with E-state index in [-0.39, 0.29) is 5.48 Å².